The molecule has 0 spiro atoms. The van der Waals surface area contributed by atoms with Gasteiger partial charge in [-0.2, -0.15) is 0 Å². The maximum absolute atomic E-state index is 12.7. The summed E-state index contributed by atoms with van der Waals surface area (Å²) in [5.41, 5.74) is 0.995. The summed E-state index contributed by atoms with van der Waals surface area (Å²) in [5.74, 6) is -0.227. The average Bonchev–Trinajstić information content (AvgIpc) is 2.38. The molecule has 0 unspecified atom stereocenters. The Morgan fingerprint density at radius 3 is 2.67 bits per heavy atom. The second-order valence-electron chi connectivity index (χ2n) is 3.79. The molecule has 0 fully saturated rings. The van der Waals surface area contributed by atoms with E-state index in [9.17, 15) is 4.39 Å². The van der Waals surface area contributed by atoms with Crippen LogP contribution in [0.4, 0.5) is 4.39 Å². The number of hydrogen-bond donors (Lipinski definition) is 2. The molecule has 0 radical (unpaired) electrons. The van der Waals surface area contributed by atoms with Crippen LogP contribution in [0.15, 0.2) is 24.3 Å². The Balaban J connectivity index is 2.11. The molecule has 0 aliphatic rings. The highest BCUT2D eigenvalue weighted by Gasteiger charge is 1.97. The van der Waals surface area contributed by atoms with E-state index >= 15 is 0 Å². The van der Waals surface area contributed by atoms with E-state index in [1.165, 1.54) is 12.1 Å². The van der Waals surface area contributed by atoms with E-state index in [4.69, 9.17) is 17.0 Å². The van der Waals surface area contributed by atoms with Crippen LogP contribution in [0.25, 0.3) is 0 Å². The largest absolute Gasteiger partial charge is 0.382 e. The third-order valence-electron chi connectivity index (χ3n) is 2.32. The lowest BCUT2D eigenvalue weighted by atomic mass is 10.2. The summed E-state index contributed by atoms with van der Waals surface area (Å²) in [6.07, 6.45) is 0.923. The number of benzene rings is 1. The predicted octanol–water partition coefficient (Wildman–Crippen LogP) is 2.22. The van der Waals surface area contributed by atoms with Crippen molar-refractivity contribution in [2.75, 3.05) is 19.8 Å². The van der Waals surface area contributed by atoms with Gasteiger partial charge in [0.15, 0.2) is 5.11 Å². The van der Waals surface area contributed by atoms with Crippen LogP contribution in [-0.2, 0) is 11.3 Å². The monoisotopic (exact) mass is 270 g/mol. The summed E-state index contributed by atoms with van der Waals surface area (Å²) in [6.45, 7) is 4.84. The van der Waals surface area contributed by atoms with Crippen molar-refractivity contribution in [2.45, 2.75) is 19.9 Å². The van der Waals surface area contributed by atoms with Gasteiger partial charge in [-0.3, -0.25) is 0 Å². The van der Waals surface area contributed by atoms with Crippen molar-refractivity contribution in [3.05, 3.63) is 35.6 Å². The predicted molar refractivity (Wildman–Crippen MR) is 75.0 cm³/mol. The first kappa shape index (κ1) is 14.9. The van der Waals surface area contributed by atoms with Gasteiger partial charge in [-0.15, -0.1) is 0 Å². The van der Waals surface area contributed by atoms with E-state index in [-0.39, 0.29) is 5.82 Å². The molecule has 3 nitrogen and oxygen atoms in total. The van der Waals surface area contributed by atoms with Crippen LogP contribution in [0, 0.1) is 5.82 Å². The maximum atomic E-state index is 12.7. The van der Waals surface area contributed by atoms with Gasteiger partial charge in [-0.05, 0) is 43.3 Å². The van der Waals surface area contributed by atoms with Gasteiger partial charge < -0.3 is 15.4 Å². The van der Waals surface area contributed by atoms with Gasteiger partial charge in [0.1, 0.15) is 5.82 Å². The Labute approximate surface area is 113 Å². The minimum Gasteiger partial charge on any atom is -0.382 e. The highest BCUT2D eigenvalue weighted by molar-refractivity contribution is 7.80. The van der Waals surface area contributed by atoms with Crippen LogP contribution in [0.1, 0.15) is 18.9 Å². The van der Waals surface area contributed by atoms with Crippen molar-refractivity contribution in [1.82, 2.24) is 10.6 Å². The molecule has 0 heterocycles. The molecule has 0 saturated carbocycles. The average molecular weight is 270 g/mol. The third-order valence-corrected chi connectivity index (χ3v) is 2.61. The zero-order valence-electron chi connectivity index (χ0n) is 10.5. The number of ether oxygens (including phenoxy) is 1. The number of halogens is 1. The molecule has 1 aromatic rings. The van der Waals surface area contributed by atoms with Crippen LogP contribution in [0.2, 0.25) is 0 Å². The van der Waals surface area contributed by atoms with Gasteiger partial charge in [-0.25, -0.2) is 4.39 Å². The first-order valence-electron chi connectivity index (χ1n) is 6.06. The molecular formula is C13H19FN2OS. The summed E-state index contributed by atoms with van der Waals surface area (Å²) in [7, 11) is 0. The first-order chi connectivity index (χ1) is 8.72. The fourth-order valence-corrected chi connectivity index (χ4v) is 1.54. The summed E-state index contributed by atoms with van der Waals surface area (Å²) < 4.78 is 17.9. The van der Waals surface area contributed by atoms with Gasteiger partial charge in [0.2, 0.25) is 0 Å². The lowest BCUT2D eigenvalue weighted by molar-refractivity contribution is 0.145. The van der Waals surface area contributed by atoms with Crippen molar-refractivity contribution in [3.8, 4) is 0 Å². The smallest absolute Gasteiger partial charge is 0.166 e. The molecule has 5 heteroatoms. The molecule has 100 valence electrons. The van der Waals surface area contributed by atoms with Crippen molar-refractivity contribution >= 4 is 17.3 Å². The third kappa shape index (κ3) is 6.51. The molecule has 0 bridgehead atoms. The van der Waals surface area contributed by atoms with E-state index in [2.05, 4.69) is 10.6 Å². The summed E-state index contributed by atoms with van der Waals surface area (Å²) in [4.78, 5) is 0. The molecule has 2 N–H and O–H groups in total. The lowest BCUT2D eigenvalue weighted by Crippen LogP contribution is -2.35. The van der Waals surface area contributed by atoms with Gasteiger partial charge in [-0.1, -0.05) is 12.1 Å². The molecule has 1 aromatic carbocycles. The number of hydrogen-bond acceptors (Lipinski definition) is 2. The quantitative estimate of drug-likeness (QED) is 0.588. The molecule has 0 atom stereocenters. The van der Waals surface area contributed by atoms with Gasteiger partial charge in [0, 0.05) is 26.3 Å². The summed E-state index contributed by atoms with van der Waals surface area (Å²) in [6, 6.07) is 6.35. The fraction of sp³-hybridized carbons (Fsp3) is 0.462. The summed E-state index contributed by atoms with van der Waals surface area (Å²) in [5, 5.41) is 6.76. The second-order valence-corrected chi connectivity index (χ2v) is 4.19. The molecule has 0 aliphatic heterocycles. The van der Waals surface area contributed by atoms with E-state index < -0.39 is 0 Å². The fourth-order valence-electron chi connectivity index (χ4n) is 1.37. The maximum Gasteiger partial charge on any atom is 0.166 e. The van der Waals surface area contributed by atoms with E-state index in [0.717, 1.165) is 31.7 Å². The van der Waals surface area contributed by atoms with Crippen LogP contribution in [0.3, 0.4) is 0 Å². The van der Waals surface area contributed by atoms with Crippen molar-refractivity contribution in [1.29, 1.82) is 0 Å². The highest BCUT2D eigenvalue weighted by Crippen LogP contribution is 2.01. The topological polar surface area (TPSA) is 33.3 Å². The number of rotatable bonds is 7. The normalized spacial score (nSPS) is 10.1. The SMILES string of the molecule is CCOCCCNC(=S)NCc1ccc(F)cc1. The Kier molecular flexibility index (Phi) is 7.29. The standard InChI is InChI=1S/C13H19FN2OS/c1-2-17-9-3-8-15-13(18)16-10-11-4-6-12(14)7-5-11/h4-7H,2-3,8-10H2,1H3,(H2,15,16,18). The Bertz CT molecular complexity index is 357. The van der Waals surface area contributed by atoms with Crippen LogP contribution in [0.5, 0.6) is 0 Å². The van der Waals surface area contributed by atoms with Crippen LogP contribution in [-0.4, -0.2) is 24.9 Å². The zero-order chi connectivity index (χ0) is 13.2. The minimum atomic E-state index is -0.227. The highest BCUT2D eigenvalue weighted by atomic mass is 32.1. The first-order valence-corrected chi connectivity index (χ1v) is 6.47. The van der Waals surface area contributed by atoms with E-state index in [0.29, 0.717) is 11.7 Å². The number of nitrogens with one attached hydrogen (secondary N) is 2. The van der Waals surface area contributed by atoms with E-state index in [1.807, 2.05) is 6.92 Å². The van der Waals surface area contributed by atoms with Crippen molar-refractivity contribution < 1.29 is 9.13 Å². The van der Waals surface area contributed by atoms with Crippen LogP contribution >= 0.6 is 12.2 Å². The lowest BCUT2D eigenvalue weighted by Gasteiger charge is -2.10. The molecule has 0 aliphatic carbocycles. The molecule has 1 rings (SSSR count). The van der Waals surface area contributed by atoms with Gasteiger partial charge in [0.05, 0.1) is 0 Å². The summed E-state index contributed by atoms with van der Waals surface area (Å²) >= 11 is 5.12. The Morgan fingerprint density at radius 2 is 2.00 bits per heavy atom. The van der Waals surface area contributed by atoms with Gasteiger partial charge >= 0.3 is 0 Å². The van der Waals surface area contributed by atoms with Crippen molar-refractivity contribution in [2.24, 2.45) is 0 Å². The van der Waals surface area contributed by atoms with Crippen LogP contribution < -0.4 is 10.6 Å². The second kappa shape index (κ2) is 8.83. The van der Waals surface area contributed by atoms with Gasteiger partial charge in [0.25, 0.3) is 0 Å². The molecular weight excluding hydrogens is 251 g/mol. The Morgan fingerprint density at radius 1 is 1.28 bits per heavy atom. The molecule has 0 saturated heterocycles. The molecule has 0 aromatic heterocycles. The van der Waals surface area contributed by atoms with E-state index in [1.54, 1.807) is 12.1 Å². The zero-order valence-corrected chi connectivity index (χ0v) is 11.4. The van der Waals surface area contributed by atoms with Crippen molar-refractivity contribution in [3.63, 3.8) is 0 Å². The minimum absolute atomic E-state index is 0.227. The number of thiocarbonyl (C=S) groups is 1. The Hall–Kier alpha value is -1.20. The molecule has 18 heavy (non-hydrogen) atoms. The molecule has 0 amide bonds.